The number of nitrogens with one attached hydrogen (secondary N) is 2. The monoisotopic (exact) mass is 387 g/mol. The molecule has 1 fully saturated rings. The van der Waals surface area contributed by atoms with Crippen molar-refractivity contribution in [3.63, 3.8) is 0 Å². The molecule has 0 amide bonds. The molecular weight excluding hydrogens is 362 g/mol. The highest BCUT2D eigenvalue weighted by Crippen LogP contribution is 2.39. The van der Waals surface area contributed by atoms with E-state index in [4.69, 9.17) is 10.9 Å². The second kappa shape index (κ2) is 5.79. The van der Waals surface area contributed by atoms with Gasteiger partial charge in [0.15, 0.2) is 11.6 Å². The second-order valence-electron chi connectivity index (χ2n) is 5.77. The normalized spacial score (nSPS) is 14.6. The minimum Gasteiger partial charge on any atom is -0.384 e. The third-order valence-electron chi connectivity index (χ3n) is 3.70. The molecule has 1 aliphatic carbocycles. The van der Waals surface area contributed by atoms with Crippen LogP contribution >= 0.6 is 11.3 Å². The van der Waals surface area contributed by atoms with Crippen LogP contribution in [0.15, 0.2) is 28.5 Å². The number of sulfonamides is 1. The Kier molecular flexibility index (Phi) is 3.71. The van der Waals surface area contributed by atoms with Crippen LogP contribution in [0.4, 0.5) is 17.5 Å². The lowest BCUT2D eigenvalue weighted by molar-refractivity contribution is 0.600. The van der Waals surface area contributed by atoms with Crippen molar-refractivity contribution in [2.75, 3.05) is 11.1 Å². The van der Waals surface area contributed by atoms with Gasteiger partial charge in [0.05, 0.1) is 4.88 Å². The Morgan fingerprint density at radius 3 is 2.72 bits per heavy atom. The zero-order chi connectivity index (χ0) is 17.6. The Morgan fingerprint density at radius 1 is 1.24 bits per heavy atom. The van der Waals surface area contributed by atoms with E-state index in [0.29, 0.717) is 28.3 Å². The fourth-order valence-electron chi connectivity index (χ4n) is 2.37. The SMILES string of the molecule is Nc1cc(Nc2cc(C3CC3)[nH]n2)nc(-c2ccc(S(N)(=O)=O)s2)n1.[HH].[HH].[HH].[HH].[HH]. The molecule has 0 saturated heterocycles. The maximum absolute atomic E-state index is 11.4. The molecule has 3 aromatic heterocycles. The van der Waals surface area contributed by atoms with Crippen molar-refractivity contribution in [1.82, 2.24) is 20.2 Å². The van der Waals surface area contributed by atoms with Gasteiger partial charge in [-0.2, -0.15) is 5.10 Å². The molecule has 0 aliphatic heterocycles. The van der Waals surface area contributed by atoms with Crippen molar-refractivity contribution in [1.29, 1.82) is 0 Å². The third kappa shape index (κ3) is 3.48. The van der Waals surface area contributed by atoms with Gasteiger partial charge in [0.1, 0.15) is 15.8 Å². The number of hydrogen-bond donors (Lipinski definition) is 4. The second-order valence-corrected chi connectivity index (χ2v) is 8.65. The lowest BCUT2D eigenvalue weighted by atomic mass is 10.3. The van der Waals surface area contributed by atoms with Gasteiger partial charge in [-0.1, -0.05) is 0 Å². The summed E-state index contributed by atoms with van der Waals surface area (Å²) in [5, 5.41) is 15.4. The smallest absolute Gasteiger partial charge is 0.247 e. The fraction of sp³-hybridized carbons (Fsp3) is 0.214. The molecule has 140 valence electrons. The average molecular weight is 388 g/mol. The molecule has 0 unspecified atom stereocenters. The predicted octanol–water partition coefficient (Wildman–Crippen LogP) is 3.01. The Bertz CT molecular complexity index is 1060. The van der Waals surface area contributed by atoms with Crippen LogP contribution in [-0.4, -0.2) is 28.6 Å². The maximum Gasteiger partial charge on any atom is 0.247 e. The lowest BCUT2D eigenvalue weighted by Crippen LogP contribution is -2.09. The lowest BCUT2D eigenvalue weighted by Gasteiger charge is -2.05. The topological polar surface area (TPSA) is 153 Å². The van der Waals surface area contributed by atoms with Crippen LogP contribution in [0.1, 0.15) is 31.6 Å². The van der Waals surface area contributed by atoms with E-state index in [1.807, 2.05) is 6.07 Å². The van der Waals surface area contributed by atoms with E-state index in [0.717, 1.165) is 17.0 Å². The third-order valence-corrected chi connectivity index (χ3v) is 6.22. The summed E-state index contributed by atoms with van der Waals surface area (Å²) >= 11 is 0.990. The summed E-state index contributed by atoms with van der Waals surface area (Å²) in [5.74, 6) is 2.26. The highest BCUT2D eigenvalue weighted by Gasteiger charge is 2.25. The molecule has 1 aliphatic rings. The van der Waals surface area contributed by atoms with Gasteiger partial charge in [-0.25, -0.2) is 23.5 Å². The highest BCUT2D eigenvalue weighted by molar-refractivity contribution is 7.91. The van der Waals surface area contributed by atoms with Crippen molar-refractivity contribution in [2.45, 2.75) is 23.0 Å². The maximum atomic E-state index is 11.4. The molecule has 0 spiro atoms. The summed E-state index contributed by atoms with van der Waals surface area (Å²) in [4.78, 5) is 9.10. The summed E-state index contributed by atoms with van der Waals surface area (Å²) < 4.78 is 22.9. The summed E-state index contributed by atoms with van der Waals surface area (Å²) in [6.07, 6.45) is 2.36. The van der Waals surface area contributed by atoms with Crippen LogP contribution < -0.4 is 16.2 Å². The molecule has 3 aromatic rings. The predicted molar refractivity (Wildman–Crippen MR) is 106 cm³/mol. The van der Waals surface area contributed by atoms with Gasteiger partial charge < -0.3 is 11.1 Å². The van der Waals surface area contributed by atoms with E-state index in [1.165, 1.54) is 18.9 Å². The van der Waals surface area contributed by atoms with Gasteiger partial charge in [-0.3, -0.25) is 5.10 Å². The minimum atomic E-state index is -3.76. The van der Waals surface area contributed by atoms with Gasteiger partial charge in [-0.05, 0) is 25.0 Å². The first-order chi connectivity index (χ1) is 11.9. The molecule has 9 nitrogen and oxygen atoms in total. The van der Waals surface area contributed by atoms with Gasteiger partial charge in [0.25, 0.3) is 0 Å². The number of aromatic amines is 1. The van der Waals surface area contributed by atoms with Crippen LogP contribution in [0.3, 0.4) is 0 Å². The Morgan fingerprint density at radius 2 is 2.04 bits per heavy atom. The van der Waals surface area contributed by atoms with E-state index in [1.54, 1.807) is 12.1 Å². The number of anilines is 3. The summed E-state index contributed by atoms with van der Waals surface area (Å²) in [6, 6.07) is 6.55. The molecule has 0 radical (unpaired) electrons. The summed E-state index contributed by atoms with van der Waals surface area (Å²) in [6.45, 7) is 0. The van der Waals surface area contributed by atoms with E-state index in [2.05, 4.69) is 25.5 Å². The number of nitrogens with two attached hydrogens (primary N) is 2. The Labute approximate surface area is 155 Å². The first kappa shape index (κ1) is 16.0. The van der Waals surface area contributed by atoms with E-state index in [9.17, 15) is 8.42 Å². The number of rotatable bonds is 5. The van der Waals surface area contributed by atoms with Crippen LogP contribution in [0, 0.1) is 0 Å². The molecule has 11 heteroatoms. The fourth-order valence-corrected chi connectivity index (χ4v) is 4.03. The number of primary sulfonamides is 1. The van der Waals surface area contributed by atoms with Crippen molar-refractivity contribution in [3.8, 4) is 10.7 Å². The number of nitrogens with zero attached hydrogens (tertiary/aromatic N) is 3. The molecule has 3 heterocycles. The number of aromatic nitrogens is 4. The van der Waals surface area contributed by atoms with Crippen molar-refractivity contribution >= 4 is 38.8 Å². The number of H-pyrrole nitrogens is 1. The van der Waals surface area contributed by atoms with E-state index < -0.39 is 10.0 Å². The van der Waals surface area contributed by atoms with Crippen molar-refractivity contribution in [3.05, 3.63) is 30.0 Å². The average Bonchev–Trinajstić information content (AvgIpc) is 3.07. The molecule has 0 atom stereocenters. The molecule has 4 rings (SSSR count). The minimum absolute atomic E-state index is 0. The first-order valence-electron chi connectivity index (χ1n) is 7.48. The molecule has 0 aromatic carbocycles. The first-order valence-corrected chi connectivity index (χ1v) is 9.85. The van der Waals surface area contributed by atoms with Crippen molar-refractivity contribution < 1.29 is 15.6 Å². The van der Waals surface area contributed by atoms with Gasteiger partial charge in [0, 0.05) is 30.9 Å². The molecule has 25 heavy (non-hydrogen) atoms. The molecule has 6 N–H and O–H groups in total. The van der Waals surface area contributed by atoms with Crippen LogP contribution in [0.25, 0.3) is 10.7 Å². The van der Waals surface area contributed by atoms with Crippen molar-refractivity contribution in [2.24, 2.45) is 5.14 Å². The number of hydrogen-bond acceptors (Lipinski definition) is 8. The van der Waals surface area contributed by atoms with Gasteiger partial charge >= 0.3 is 0 Å². The quantitative estimate of drug-likeness (QED) is 0.525. The molecular formula is C14H25N7O2S2. The zero-order valence-corrected chi connectivity index (χ0v) is 14.6. The van der Waals surface area contributed by atoms with Crippen LogP contribution in [0.2, 0.25) is 0 Å². The zero-order valence-electron chi connectivity index (χ0n) is 12.9. The van der Waals surface area contributed by atoms with E-state index >= 15 is 0 Å². The molecule has 1 saturated carbocycles. The highest BCUT2D eigenvalue weighted by atomic mass is 32.2. The Balaban J connectivity index is 0. The van der Waals surface area contributed by atoms with Gasteiger partial charge in [-0.15, -0.1) is 11.3 Å². The van der Waals surface area contributed by atoms with Crippen LogP contribution in [-0.2, 0) is 10.0 Å². The Hall–Kier alpha value is -2.50. The summed E-state index contributed by atoms with van der Waals surface area (Å²) in [5.41, 5.74) is 6.95. The number of nitrogen functional groups attached to an aromatic ring is 1. The standard InChI is InChI=1S/C14H15N7O2S2.5H2/c15-10-6-11(18-12-5-8(20-21-12)7-1-2-7)19-14(17-10)9-3-4-13(24-9)25(16,22)23;;;;;/h3-7H,1-2H2,(H2,16,22,23)(H4,15,17,18,19,20,21);5*1H. The molecule has 0 bridgehead atoms. The summed E-state index contributed by atoms with van der Waals surface area (Å²) in [7, 11) is -3.76. The largest absolute Gasteiger partial charge is 0.384 e. The van der Waals surface area contributed by atoms with Crippen LogP contribution in [0.5, 0.6) is 0 Å². The van der Waals surface area contributed by atoms with E-state index in [-0.39, 0.29) is 17.2 Å². The van der Waals surface area contributed by atoms with Gasteiger partial charge in [0.2, 0.25) is 10.0 Å². The number of thiophene rings is 1.